The van der Waals surface area contributed by atoms with Gasteiger partial charge in [-0.25, -0.2) is 4.39 Å². The van der Waals surface area contributed by atoms with Crippen LogP contribution in [-0.4, -0.2) is 69.2 Å². The second-order valence-electron chi connectivity index (χ2n) is 10.4. The number of amides is 1. The first-order valence-corrected chi connectivity index (χ1v) is 14.4. The first kappa shape index (κ1) is 27.9. The fourth-order valence-corrected chi connectivity index (χ4v) is 5.65. The third kappa shape index (κ3) is 6.00. The molecule has 3 aromatic carbocycles. The molecule has 1 N–H and O–H groups in total. The summed E-state index contributed by atoms with van der Waals surface area (Å²) in [6, 6.07) is 21.2. The molecule has 1 fully saturated rings. The number of nitrogens with one attached hydrogen (secondary N) is 1. The number of hydrogen-bond acceptors (Lipinski definition) is 6. The van der Waals surface area contributed by atoms with Gasteiger partial charge in [-0.05, 0) is 48.0 Å². The van der Waals surface area contributed by atoms with Crippen molar-refractivity contribution in [2.75, 3.05) is 44.2 Å². The van der Waals surface area contributed by atoms with E-state index in [1.54, 1.807) is 18.2 Å². The smallest absolute Gasteiger partial charge is 0.263 e. The molecule has 0 saturated carbocycles. The lowest BCUT2D eigenvalue weighted by Crippen LogP contribution is -2.48. The molecule has 11 heteroatoms. The van der Waals surface area contributed by atoms with Crippen LogP contribution in [0.1, 0.15) is 17.8 Å². The Labute approximate surface area is 247 Å². The van der Waals surface area contributed by atoms with Gasteiger partial charge in [-0.2, -0.15) is 0 Å². The number of carbonyl (C=O) groups excluding carboxylic acids is 1. The number of halogens is 2. The molecule has 6 rings (SSSR count). The van der Waals surface area contributed by atoms with Gasteiger partial charge in [0.15, 0.2) is 0 Å². The zero-order valence-corrected chi connectivity index (χ0v) is 23.8. The third-order valence-corrected chi connectivity index (χ3v) is 7.94. The molecule has 0 atom stereocenters. The van der Waals surface area contributed by atoms with Gasteiger partial charge in [0.05, 0.1) is 17.4 Å². The van der Waals surface area contributed by atoms with E-state index >= 15 is 0 Å². The predicted octanol–water partition coefficient (Wildman–Crippen LogP) is 3.76. The number of aromatic nitrogens is 4. The highest BCUT2D eigenvalue weighted by molar-refractivity contribution is 6.30. The quantitative estimate of drug-likeness (QED) is 0.283. The van der Waals surface area contributed by atoms with E-state index in [-0.39, 0.29) is 30.2 Å². The lowest BCUT2D eigenvalue weighted by molar-refractivity contribution is -0.121. The van der Waals surface area contributed by atoms with Crippen LogP contribution in [0, 0.1) is 5.82 Å². The number of para-hydroxylation sites is 1. The molecular formula is C31H31ClFN7O2. The SMILES string of the molecule is O=C(CCc1nnc2n(Cc3ccc(F)cc3)c(=O)c3ccccc3n12)NCCN1CCN(c2cccc(Cl)c2)CC1. The first-order valence-electron chi connectivity index (χ1n) is 14.1. The third-order valence-electron chi connectivity index (χ3n) is 7.70. The predicted molar refractivity (Wildman–Crippen MR) is 162 cm³/mol. The van der Waals surface area contributed by atoms with Crippen LogP contribution in [0.4, 0.5) is 10.1 Å². The Bertz CT molecular complexity index is 1780. The maximum absolute atomic E-state index is 13.4. The van der Waals surface area contributed by atoms with E-state index < -0.39 is 0 Å². The van der Waals surface area contributed by atoms with E-state index in [9.17, 15) is 14.0 Å². The summed E-state index contributed by atoms with van der Waals surface area (Å²) in [4.78, 5) is 30.8. The number of nitrogens with zero attached hydrogens (tertiary/aromatic N) is 6. The van der Waals surface area contributed by atoms with Gasteiger partial charge < -0.3 is 10.2 Å². The van der Waals surface area contributed by atoms with Crippen molar-refractivity contribution >= 4 is 39.9 Å². The summed E-state index contributed by atoms with van der Waals surface area (Å²) < 4.78 is 16.8. The molecule has 2 aromatic heterocycles. The summed E-state index contributed by atoms with van der Waals surface area (Å²) >= 11 is 6.14. The molecule has 0 spiro atoms. The van der Waals surface area contributed by atoms with E-state index in [2.05, 4.69) is 31.4 Å². The van der Waals surface area contributed by atoms with Crippen molar-refractivity contribution in [1.82, 2.24) is 29.4 Å². The molecule has 216 valence electrons. The minimum Gasteiger partial charge on any atom is -0.369 e. The Morgan fingerprint density at radius 3 is 2.52 bits per heavy atom. The van der Waals surface area contributed by atoms with Crippen LogP contribution in [0.5, 0.6) is 0 Å². The van der Waals surface area contributed by atoms with Gasteiger partial charge in [0.2, 0.25) is 11.7 Å². The molecule has 42 heavy (non-hydrogen) atoms. The van der Waals surface area contributed by atoms with Crippen molar-refractivity contribution in [2.45, 2.75) is 19.4 Å². The average Bonchev–Trinajstić information content (AvgIpc) is 3.43. The van der Waals surface area contributed by atoms with Crippen LogP contribution in [0.3, 0.4) is 0 Å². The first-order chi connectivity index (χ1) is 20.5. The average molecular weight is 588 g/mol. The van der Waals surface area contributed by atoms with Crippen molar-refractivity contribution in [3.8, 4) is 0 Å². The van der Waals surface area contributed by atoms with Crippen LogP contribution < -0.4 is 15.8 Å². The van der Waals surface area contributed by atoms with Crippen molar-refractivity contribution in [2.24, 2.45) is 0 Å². The molecule has 0 unspecified atom stereocenters. The van der Waals surface area contributed by atoms with Crippen LogP contribution in [0.25, 0.3) is 16.7 Å². The molecule has 0 radical (unpaired) electrons. The number of hydrogen-bond donors (Lipinski definition) is 1. The second kappa shape index (κ2) is 12.3. The lowest BCUT2D eigenvalue weighted by Gasteiger charge is -2.36. The molecular weight excluding hydrogens is 557 g/mol. The fraction of sp³-hybridized carbons (Fsp3) is 0.290. The molecule has 0 aliphatic carbocycles. The van der Waals surface area contributed by atoms with Gasteiger partial charge in [0.25, 0.3) is 5.56 Å². The Balaban J connectivity index is 1.08. The largest absolute Gasteiger partial charge is 0.369 e. The van der Waals surface area contributed by atoms with Crippen molar-refractivity contribution in [3.05, 3.63) is 105 Å². The van der Waals surface area contributed by atoms with Gasteiger partial charge in [-0.3, -0.25) is 23.5 Å². The monoisotopic (exact) mass is 587 g/mol. The summed E-state index contributed by atoms with van der Waals surface area (Å²) in [7, 11) is 0. The molecule has 5 aromatic rings. The molecule has 9 nitrogen and oxygen atoms in total. The minimum absolute atomic E-state index is 0.0618. The van der Waals surface area contributed by atoms with Crippen molar-refractivity contribution < 1.29 is 9.18 Å². The highest BCUT2D eigenvalue weighted by Gasteiger charge is 2.19. The van der Waals surface area contributed by atoms with E-state index in [0.29, 0.717) is 35.5 Å². The highest BCUT2D eigenvalue weighted by Crippen LogP contribution is 2.21. The van der Waals surface area contributed by atoms with E-state index in [4.69, 9.17) is 11.6 Å². The Morgan fingerprint density at radius 1 is 0.952 bits per heavy atom. The fourth-order valence-electron chi connectivity index (χ4n) is 5.46. The van der Waals surface area contributed by atoms with Crippen LogP contribution in [0.2, 0.25) is 5.02 Å². The standard InChI is InChI=1S/C31H31ClFN7O2/c32-23-4-3-5-25(20-23)38-18-16-37(17-19-38)15-14-34-29(41)13-12-28-35-36-31-39(21-22-8-10-24(33)11-9-22)30(42)26-6-1-2-7-27(26)40(28)31/h1-11,20H,12-19,21H2,(H,34,41). The summed E-state index contributed by atoms with van der Waals surface area (Å²) in [6.07, 6.45) is 0.610. The van der Waals surface area contributed by atoms with Crippen LogP contribution in [-0.2, 0) is 17.8 Å². The summed E-state index contributed by atoms with van der Waals surface area (Å²) in [5.74, 6) is 0.583. The number of aryl methyl sites for hydroxylation is 1. The molecule has 1 aliphatic rings. The number of fused-ring (bicyclic) bond motifs is 3. The zero-order valence-electron chi connectivity index (χ0n) is 23.0. The normalized spacial score (nSPS) is 14.1. The van der Waals surface area contributed by atoms with Gasteiger partial charge in [0.1, 0.15) is 11.6 Å². The zero-order chi connectivity index (χ0) is 29.1. The molecule has 3 heterocycles. The van der Waals surface area contributed by atoms with Gasteiger partial charge in [0, 0.05) is 62.8 Å². The lowest BCUT2D eigenvalue weighted by atomic mass is 10.2. The van der Waals surface area contributed by atoms with Crippen molar-refractivity contribution in [3.63, 3.8) is 0 Å². The number of benzene rings is 3. The van der Waals surface area contributed by atoms with E-state index in [1.807, 2.05) is 40.8 Å². The van der Waals surface area contributed by atoms with E-state index in [0.717, 1.165) is 49.0 Å². The Morgan fingerprint density at radius 2 is 1.74 bits per heavy atom. The maximum atomic E-state index is 13.4. The molecule has 1 aliphatic heterocycles. The molecule has 0 bridgehead atoms. The number of anilines is 1. The second-order valence-corrected chi connectivity index (χ2v) is 10.9. The summed E-state index contributed by atoms with van der Waals surface area (Å²) in [6.45, 7) is 5.23. The summed E-state index contributed by atoms with van der Waals surface area (Å²) in [5, 5.41) is 13.0. The van der Waals surface area contributed by atoms with Gasteiger partial charge in [-0.15, -0.1) is 10.2 Å². The van der Waals surface area contributed by atoms with Crippen LogP contribution in [0.15, 0.2) is 77.6 Å². The highest BCUT2D eigenvalue weighted by atomic mass is 35.5. The number of rotatable bonds is 9. The Hall–Kier alpha value is -4.28. The Kier molecular flexibility index (Phi) is 8.16. The molecule has 1 saturated heterocycles. The number of carbonyl (C=O) groups is 1. The summed E-state index contributed by atoms with van der Waals surface area (Å²) in [5.41, 5.74) is 2.39. The van der Waals surface area contributed by atoms with Crippen molar-refractivity contribution in [1.29, 1.82) is 0 Å². The van der Waals surface area contributed by atoms with Crippen LogP contribution >= 0.6 is 11.6 Å². The van der Waals surface area contributed by atoms with Gasteiger partial charge in [-0.1, -0.05) is 41.9 Å². The number of piperazine rings is 1. The molecule has 1 amide bonds. The topological polar surface area (TPSA) is 87.8 Å². The minimum atomic E-state index is -0.339. The van der Waals surface area contributed by atoms with Gasteiger partial charge >= 0.3 is 0 Å². The maximum Gasteiger partial charge on any atom is 0.263 e. The van der Waals surface area contributed by atoms with E-state index in [1.165, 1.54) is 16.7 Å².